The summed E-state index contributed by atoms with van der Waals surface area (Å²) in [6.07, 6.45) is 0.0112. The van der Waals surface area contributed by atoms with Gasteiger partial charge in [-0.1, -0.05) is 30.3 Å². The van der Waals surface area contributed by atoms with E-state index in [0.29, 0.717) is 5.56 Å². The molecule has 0 aliphatic heterocycles. The molecule has 13 N–H and O–H groups in total. The number of nitrogens with two attached hydrogens (primary N) is 4. The van der Waals surface area contributed by atoms with Crippen molar-refractivity contribution in [1.82, 2.24) is 16.0 Å². The smallest absolute Gasteiger partial charge is 0.326 e. The summed E-state index contributed by atoms with van der Waals surface area (Å²) in [4.78, 5) is 64.6. The zero-order chi connectivity index (χ0) is 28.7. The van der Waals surface area contributed by atoms with Crippen LogP contribution in [-0.2, 0) is 30.4 Å². The lowest BCUT2D eigenvalue weighted by molar-refractivity contribution is -0.142. The molecule has 0 heterocycles. The number of guanidine groups is 1. The number of aliphatic hydroxyl groups is 1. The van der Waals surface area contributed by atoms with E-state index in [-0.39, 0.29) is 44.6 Å². The molecule has 4 amide bonds. The number of primary amides is 1. The molecule has 0 aromatic heterocycles. The van der Waals surface area contributed by atoms with E-state index < -0.39 is 60.4 Å². The summed E-state index contributed by atoms with van der Waals surface area (Å²) in [7, 11) is 0. The molecule has 38 heavy (non-hydrogen) atoms. The molecule has 0 spiro atoms. The fourth-order valence-corrected chi connectivity index (χ4v) is 3.27. The van der Waals surface area contributed by atoms with Crippen molar-refractivity contribution in [2.24, 2.45) is 27.9 Å². The molecule has 0 radical (unpaired) electrons. The van der Waals surface area contributed by atoms with Gasteiger partial charge >= 0.3 is 5.97 Å². The minimum Gasteiger partial charge on any atom is -0.480 e. The highest BCUT2D eigenvalue weighted by Gasteiger charge is 2.30. The summed E-state index contributed by atoms with van der Waals surface area (Å²) < 4.78 is 0. The average Bonchev–Trinajstić information content (AvgIpc) is 2.87. The van der Waals surface area contributed by atoms with Gasteiger partial charge in [0.05, 0.1) is 12.6 Å². The summed E-state index contributed by atoms with van der Waals surface area (Å²) in [5, 5.41) is 26.3. The monoisotopic (exact) mass is 536 g/mol. The number of amides is 4. The van der Waals surface area contributed by atoms with Gasteiger partial charge in [0, 0.05) is 19.4 Å². The SMILES string of the molecule is NC(=O)CCC(N)C(=O)NC(CO)C(=O)NC(CCCN=C(N)N)C(=O)NC(Cc1ccccc1)C(=O)O. The highest BCUT2D eigenvalue weighted by Crippen LogP contribution is 2.06. The Morgan fingerprint density at radius 2 is 1.42 bits per heavy atom. The van der Waals surface area contributed by atoms with Crippen LogP contribution < -0.4 is 38.9 Å². The lowest BCUT2D eigenvalue weighted by Crippen LogP contribution is -2.58. The molecule has 4 unspecified atom stereocenters. The van der Waals surface area contributed by atoms with Crippen molar-refractivity contribution in [3.63, 3.8) is 0 Å². The number of benzene rings is 1. The van der Waals surface area contributed by atoms with Gasteiger partial charge in [0.25, 0.3) is 0 Å². The number of carbonyl (C=O) groups is 5. The van der Waals surface area contributed by atoms with Crippen LogP contribution in [0.1, 0.15) is 31.2 Å². The summed E-state index contributed by atoms with van der Waals surface area (Å²) in [6.45, 7) is -0.697. The Bertz CT molecular complexity index is 985. The lowest BCUT2D eigenvalue weighted by atomic mass is 10.0. The molecule has 0 bridgehead atoms. The number of aliphatic imine (C=N–C) groups is 1. The number of carboxylic acid groups (broad SMARTS) is 1. The lowest BCUT2D eigenvalue weighted by Gasteiger charge is -2.24. The number of hydrogen-bond acceptors (Lipinski definition) is 8. The van der Waals surface area contributed by atoms with Crippen LogP contribution in [0.4, 0.5) is 0 Å². The minimum absolute atomic E-state index is 0.00487. The topological polar surface area (TPSA) is 278 Å². The Morgan fingerprint density at radius 3 is 1.97 bits per heavy atom. The Hall–Kier alpha value is -4.24. The number of aliphatic hydroxyl groups excluding tert-OH is 1. The van der Waals surface area contributed by atoms with Gasteiger partial charge < -0.3 is 49.1 Å². The van der Waals surface area contributed by atoms with Crippen LogP contribution in [0.15, 0.2) is 35.3 Å². The van der Waals surface area contributed by atoms with Crippen LogP contribution in [0.3, 0.4) is 0 Å². The first-order chi connectivity index (χ1) is 17.9. The van der Waals surface area contributed by atoms with E-state index in [1.807, 2.05) is 0 Å². The van der Waals surface area contributed by atoms with Gasteiger partial charge in [-0.05, 0) is 24.8 Å². The molecule has 1 aromatic rings. The first kappa shape index (κ1) is 31.8. The van der Waals surface area contributed by atoms with Gasteiger partial charge in [-0.2, -0.15) is 0 Å². The van der Waals surface area contributed by atoms with Crippen LogP contribution in [0.2, 0.25) is 0 Å². The first-order valence-electron chi connectivity index (χ1n) is 11.8. The van der Waals surface area contributed by atoms with Crippen LogP contribution in [-0.4, -0.2) is 83.1 Å². The number of carbonyl (C=O) groups excluding carboxylic acids is 4. The fourth-order valence-electron chi connectivity index (χ4n) is 3.27. The van der Waals surface area contributed by atoms with Gasteiger partial charge in [0.15, 0.2) is 5.96 Å². The molecule has 0 aliphatic carbocycles. The van der Waals surface area contributed by atoms with Crippen LogP contribution in [0.25, 0.3) is 0 Å². The third-order valence-electron chi connectivity index (χ3n) is 5.33. The van der Waals surface area contributed by atoms with E-state index in [9.17, 15) is 34.2 Å². The molecular weight excluding hydrogens is 500 g/mol. The van der Waals surface area contributed by atoms with Crippen molar-refractivity contribution in [1.29, 1.82) is 0 Å². The number of carboxylic acids is 1. The minimum atomic E-state index is -1.48. The molecule has 4 atom stereocenters. The van der Waals surface area contributed by atoms with Crippen molar-refractivity contribution in [3.05, 3.63) is 35.9 Å². The standard InChI is InChI=1S/C23H36N8O7/c24-14(8-9-18(25)33)19(34)31-17(12-32)21(36)29-15(7-4-10-28-23(26)27)20(35)30-16(22(37)38)11-13-5-2-1-3-6-13/h1-3,5-6,14-17,32H,4,7-12,24H2,(H2,25,33)(H,29,36)(H,30,35)(H,31,34)(H,37,38)(H4,26,27,28). The fraction of sp³-hybridized carbons (Fsp3) is 0.478. The second-order valence-electron chi connectivity index (χ2n) is 8.45. The average molecular weight is 537 g/mol. The van der Waals surface area contributed by atoms with Crippen molar-refractivity contribution >= 4 is 35.6 Å². The second kappa shape index (κ2) is 16.5. The first-order valence-corrected chi connectivity index (χ1v) is 11.8. The Labute approximate surface area is 219 Å². The van der Waals surface area contributed by atoms with Gasteiger partial charge in [0.1, 0.15) is 18.1 Å². The second-order valence-corrected chi connectivity index (χ2v) is 8.45. The molecular formula is C23H36N8O7. The van der Waals surface area contributed by atoms with Crippen LogP contribution in [0, 0.1) is 0 Å². The predicted octanol–water partition coefficient (Wildman–Crippen LogP) is -3.59. The van der Waals surface area contributed by atoms with E-state index in [1.54, 1.807) is 30.3 Å². The molecule has 0 saturated carbocycles. The van der Waals surface area contributed by atoms with E-state index in [2.05, 4.69) is 20.9 Å². The molecule has 0 saturated heterocycles. The number of nitrogens with zero attached hydrogens (tertiary/aromatic N) is 1. The van der Waals surface area contributed by atoms with E-state index in [4.69, 9.17) is 22.9 Å². The van der Waals surface area contributed by atoms with Crippen molar-refractivity contribution in [3.8, 4) is 0 Å². The normalized spacial score (nSPS) is 13.7. The van der Waals surface area contributed by atoms with Crippen LogP contribution in [0.5, 0.6) is 0 Å². The molecule has 0 fully saturated rings. The molecule has 15 heteroatoms. The highest BCUT2D eigenvalue weighted by atomic mass is 16.4. The predicted molar refractivity (Wildman–Crippen MR) is 137 cm³/mol. The molecule has 0 aliphatic rings. The summed E-state index contributed by atoms with van der Waals surface area (Å²) >= 11 is 0. The largest absolute Gasteiger partial charge is 0.480 e. The zero-order valence-corrected chi connectivity index (χ0v) is 20.8. The quantitative estimate of drug-likeness (QED) is 0.0535. The third kappa shape index (κ3) is 12.1. The number of nitrogens with one attached hydrogen (secondary N) is 3. The zero-order valence-electron chi connectivity index (χ0n) is 20.8. The summed E-state index contributed by atoms with van der Waals surface area (Å²) in [5.74, 6) is -4.64. The van der Waals surface area contributed by atoms with Gasteiger partial charge in [-0.15, -0.1) is 0 Å². The number of rotatable bonds is 17. The van der Waals surface area contributed by atoms with Gasteiger partial charge in [-0.3, -0.25) is 24.2 Å². The van der Waals surface area contributed by atoms with Crippen molar-refractivity contribution in [2.45, 2.75) is 56.3 Å². The van der Waals surface area contributed by atoms with Gasteiger partial charge in [0.2, 0.25) is 23.6 Å². The molecule has 1 aromatic carbocycles. The van der Waals surface area contributed by atoms with E-state index in [1.165, 1.54) is 0 Å². The maximum atomic E-state index is 13.0. The number of aliphatic carboxylic acids is 1. The van der Waals surface area contributed by atoms with E-state index >= 15 is 0 Å². The molecule has 1 rings (SSSR count). The Morgan fingerprint density at radius 1 is 0.842 bits per heavy atom. The van der Waals surface area contributed by atoms with Crippen molar-refractivity contribution < 1.29 is 34.2 Å². The van der Waals surface area contributed by atoms with E-state index in [0.717, 1.165) is 0 Å². The maximum absolute atomic E-state index is 13.0. The Balaban J connectivity index is 2.95. The number of hydrogen-bond donors (Lipinski definition) is 9. The molecule has 15 nitrogen and oxygen atoms in total. The maximum Gasteiger partial charge on any atom is 0.326 e. The van der Waals surface area contributed by atoms with Crippen molar-refractivity contribution in [2.75, 3.05) is 13.2 Å². The summed E-state index contributed by atoms with van der Waals surface area (Å²) in [6, 6.07) is 3.45. The molecule has 210 valence electrons. The Kier molecular flexibility index (Phi) is 13.8. The highest BCUT2D eigenvalue weighted by molar-refractivity contribution is 5.94. The third-order valence-corrected chi connectivity index (χ3v) is 5.33. The van der Waals surface area contributed by atoms with Gasteiger partial charge in [-0.25, -0.2) is 4.79 Å². The van der Waals surface area contributed by atoms with Crippen LogP contribution >= 0.6 is 0 Å². The summed E-state index contributed by atoms with van der Waals surface area (Å²) in [5.41, 5.74) is 22.0.